The van der Waals surface area contributed by atoms with Gasteiger partial charge >= 0.3 is 0 Å². The summed E-state index contributed by atoms with van der Waals surface area (Å²) in [5.74, 6) is -0.275. The van der Waals surface area contributed by atoms with Crippen LogP contribution in [0.25, 0.3) is 0 Å². The second kappa shape index (κ2) is 6.36. The van der Waals surface area contributed by atoms with Crippen molar-refractivity contribution >= 4 is 49.1 Å². The number of nitro benzene ring substituents is 1. The molecule has 0 aliphatic heterocycles. The Hall–Kier alpha value is -1.73. The monoisotopic (exact) mass is 412 g/mol. The fourth-order valence-corrected chi connectivity index (χ4v) is 2.57. The Morgan fingerprint density at radius 2 is 1.90 bits per heavy atom. The van der Waals surface area contributed by atoms with E-state index in [0.717, 1.165) is 10.0 Å². The molecule has 21 heavy (non-hydrogen) atoms. The molecule has 5 nitrogen and oxygen atoms in total. The summed E-state index contributed by atoms with van der Waals surface area (Å²) in [4.78, 5) is 22.5. The summed E-state index contributed by atoms with van der Waals surface area (Å²) >= 11 is 6.55. The van der Waals surface area contributed by atoms with Crippen LogP contribution in [0, 0.1) is 17.0 Å². The fourth-order valence-electron chi connectivity index (χ4n) is 1.75. The number of benzene rings is 2. The Morgan fingerprint density at radius 3 is 2.52 bits per heavy atom. The van der Waals surface area contributed by atoms with Crippen molar-refractivity contribution in [3.8, 4) is 0 Å². The number of carbonyl (C=O) groups excluding carboxylic acids is 1. The summed E-state index contributed by atoms with van der Waals surface area (Å²) in [5.41, 5.74) is 1.81. The maximum atomic E-state index is 12.3. The molecule has 0 heterocycles. The Kier molecular flexibility index (Phi) is 4.74. The summed E-state index contributed by atoms with van der Waals surface area (Å²) in [6.45, 7) is 1.84. The smallest absolute Gasteiger partial charge is 0.270 e. The minimum atomic E-state index is -0.491. The lowest BCUT2D eigenvalue weighted by Crippen LogP contribution is -2.13. The van der Waals surface area contributed by atoms with Crippen LogP contribution < -0.4 is 5.32 Å². The molecule has 1 N–H and O–H groups in total. The molecule has 0 aliphatic rings. The number of nitrogens with one attached hydrogen (secondary N) is 1. The summed E-state index contributed by atoms with van der Waals surface area (Å²) < 4.78 is 1.26. The molecule has 2 aromatic rings. The first-order valence-electron chi connectivity index (χ1n) is 5.90. The molecule has 0 fully saturated rings. The molecular weight excluding hydrogens is 404 g/mol. The maximum Gasteiger partial charge on any atom is 0.270 e. The normalized spacial score (nSPS) is 10.2. The number of anilines is 1. The third-order valence-electron chi connectivity index (χ3n) is 2.86. The molecule has 0 aromatic heterocycles. The highest BCUT2D eigenvalue weighted by Crippen LogP contribution is 2.28. The number of rotatable bonds is 3. The zero-order chi connectivity index (χ0) is 15.6. The van der Waals surface area contributed by atoms with Gasteiger partial charge in [-0.05, 0) is 46.6 Å². The van der Waals surface area contributed by atoms with Gasteiger partial charge in [-0.15, -0.1) is 0 Å². The highest BCUT2D eigenvalue weighted by Gasteiger charge is 2.14. The van der Waals surface area contributed by atoms with Gasteiger partial charge in [-0.1, -0.05) is 22.0 Å². The predicted octanol–water partition coefficient (Wildman–Crippen LogP) is 4.68. The average Bonchev–Trinajstić information content (AvgIpc) is 2.43. The van der Waals surface area contributed by atoms with Crippen LogP contribution in [-0.2, 0) is 0 Å². The van der Waals surface area contributed by atoms with Crippen LogP contribution in [0.2, 0.25) is 0 Å². The maximum absolute atomic E-state index is 12.3. The van der Waals surface area contributed by atoms with Gasteiger partial charge in [0.25, 0.3) is 11.6 Å². The van der Waals surface area contributed by atoms with Gasteiger partial charge in [-0.3, -0.25) is 14.9 Å². The van der Waals surface area contributed by atoms with E-state index in [4.69, 9.17) is 0 Å². The quantitative estimate of drug-likeness (QED) is 0.586. The van der Waals surface area contributed by atoms with Crippen molar-refractivity contribution in [1.82, 2.24) is 0 Å². The molecule has 108 valence electrons. The van der Waals surface area contributed by atoms with Crippen molar-refractivity contribution in [3.63, 3.8) is 0 Å². The molecule has 7 heteroatoms. The van der Waals surface area contributed by atoms with Gasteiger partial charge in [-0.2, -0.15) is 0 Å². The Morgan fingerprint density at radius 1 is 1.19 bits per heavy atom. The van der Waals surface area contributed by atoms with Crippen LogP contribution in [0.5, 0.6) is 0 Å². The van der Waals surface area contributed by atoms with Crippen LogP contribution in [0.15, 0.2) is 45.3 Å². The number of hydrogen-bond donors (Lipinski definition) is 1. The summed E-state index contributed by atoms with van der Waals surface area (Å²) in [6.07, 6.45) is 0. The minimum Gasteiger partial charge on any atom is -0.321 e. The molecule has 0 aliphatic carbocycles. The largest absolute Gasteiger partial charge is 0.321 e. The number of hydrogen-bond acceptors (Lipinski definition) is 3. The predicted molar refractivity (Wildman–Crippen MR) is 87.6 cm³/mol. The Bertz CT molecular complexity index is 732. The summed E-state index contributed by atoms with van der Waals surface area (Å²) in [6, 6.07) is 9.60. The number of amides is 1. The van der Waals surface area contributed by atoms with E-state index in [-0.39, 0.29) is 11.6 Å². The standard InChI is InChI=1S/C14H10Br2N2O3/c1-8-2-3-9(15)6-11(8)14(19)17-13-5-4-10(18(20)21)7-12(13)16/h2-7H,1H3,(H,17,19). The first-order chi connectivity index (χ1) is 9.88. The first kappa shape index (κ1) is 15.7. The van der Waals surface area contributed by atoms with E-state index in [9.17, 15) is 14.9 Å². The number of carbonyl (C=O) groups is 1. The third kappa shape index (κ3) is 3.68. The topological polar surface area (TPSA) is 72.2 Å². The molecule has 0 saturated heterocycles. The van der Waals surface area contributed by atoms with Crippen molar-refractivity contribution in [2.45, 2.75) is 6.92 Å². The Balaban J connectivity index is 2.27. The molecule has 1 amide bonds. The van der Waals surface area contributed by atoms with E-state index in [1.54, 1.807) is 6.07 Å². The van der Waals surface area contributed by atoms with E-state index in [1.165, 1.54) is 18.2 Å². The highest BCUT2D eigenvalue weighted by atomic mass is 79.9. The third-order valence-corrected chi connectivity index (χ3v) is 4.01. The zero-order valence-corrected chi connectivity index (χ0v) is 14.1. The van der Waals surface area contributed by atoms with Crippen LogP contribution in [-0.4, -0.2) is 10.8 Å². The number of aryl methyl sites for hydroxylation is 1. The van der Waals surface area contributed by atoms with E-state index in [0.29, 0.717) is 15.7 Å². The van der Waals surface area contributed by atoms with Crippen LogP contribution in [0.1, 0.15) is 15.9 Å². The SMILES string of the molecule is Cc1ccc(Br)cc1C(=O)Nc1ccc([N+](=O)[O-])cc1Br. The van der Waals surface area contributed by atoms with Crippen LogP contribution >= 0.6 is 31.9 Å². The van der Waals surface area contributed by atoms with Gasteiger partial charge in [0.15, 0.2) is 0 Å². The van der Waals surface area contributed by atoms with Gasteiger partial charge in [-0.25, -0.2) is 0 Å². The first-order valence-corrected chi connectivity index (χ1v) is 7.48. The highest BCUT2D eigenvalue weighted by molar-refractivity contribution is 9.10. The lowest BCUT2D eigenvalue weighted by atomic mass is 10.1. The molecule has 2 rings (SSSR count). The lowest BCUT2D eigenvalue weighted by molar-refractivity contribution is -0.384. The van der Waals surface area contributed by atoms with E-state index in [2.05, 4.69) is 37.2 Å². The molecule has 2 aromatic carbocycles. The zero-order valence-electron chi connectivity index (χ0n) is 10.9. The van der Waals surface area contributed by atoms with E-state index >= 15 is 0 Å². The van der Waals surface area contributed by atoms with Crippen LogP contribution in [0.3, 0.4) is 0 Å². The van der Waals surface area contributed by atoms with Crippen molar-refractivity contribution < 1.29 is 9.72 Å². The molecule has 0 bridgehead atoms. The molecule has 0 unspecified atom stereocenters. The van der Waals surface area contributed by atoms with Crippen molar-refractivity contribution in [2.24, 2.45) is 0 Å². The number of nitrogens with zero attached hydrogens (tertiary/aromatic N) is 1. The lowest BCUT2D eigenvalue weighted by Gasteiger charge is -2.09. The van der Waals surface area contributed by atoms with Crippen molar-refractivity contribution in [3.05, 3.63) is 66.6 Å². The van der Waals surface area contributed by atoms with Gasteiger partial charge < -0.3 is 5.32 Å². The second-order valence-corrected chi connectivity index (χ2v) is 6.10. The van der Waals surface area contributed by atoms with Crippen molar-refractivity contribution in [2.75, 3.05) is 5.32 Å². The molecular formula is C14H10Br2N2O3. The fraction of sp³-hybridized carbons (Fsp3) is 0.0714. The Labute approximate surface area is 137 Å². The van der Waals surface area contributed by atoms with Gasteiger partial charge in [0, 0.05) is 26.6 Å². The van der Waals surface area contributed by atoms with E-state index in [1.807, 2.05) is 19.1 Å². The minimum absolute atomic E-state index is 0.0430. The summed E-state index contributed by atoms with van der Waals surface area (Å²) in [7, 11) is 0. The number of nitro groups is 1. The number of non-ortho nitro benzene ring substituents is 1. The van der Waals surface area contributed by atoms with Crippen LogP contribution in [0.4, 0.5) is 11.4 Å². The molecule has 0 spiro atoms. The van der Waals surface area contributed by atoms with Gasteiger partial charge in [0.05, 0.1) is 10.6 Å². The molecule has 0 radical (unpaired) electrons. The molecule has 0 saturated carbocycles. The second-order valence-electron chi connectivity index (χ2n) is 4.33. The number of halogens is 2. The average molecular weight is 414 g/mol. The van der Waals surface area contributed by atoms with E-state index < -0.39 is 4.92 Å². The summed E-state index contributed by atoms with van der Waals surface area (Å²) in [5, 5.41) is 13.4. The van der Waals surface area contributed by atoms with Gasteiger partial charge in [0.2, 0.25) is 0 Å². The molecule has 0 atom stereocenters. The van der Waals surface area contributed by atoms with Crippen molar-refractivity contribution in [1.29, 1.82) is 0 Å². The van der Waals surface area contributed by atoms with Gasteiger partial charge in [0.1, 0.15) is 0 Å².